The van der Waals surface area contributed by atoms with Gasteiger partial charge in [-0.3, -0.25) is 0 Å². The number of hydrogen-bond donors (Lipinski definition) is 1. The van der Waals surface area contributed by atoms with Crippen LogP contribution in [0.15, 0.2) is 58.3 Å². The molecular weight excluding hydrogens is 370 g/mol. The molecule has 0 aliphatic rings. The van der Waals surface area contributed by atoms with Crippen LogP contribution in [0.2, 0.25) is 0 Å². The molecule has 0 aromatic heterocycles. The largest absolute Gasteiger partial charge is 0.241 e. The van der Waals surface area contributed by atoms with Crippen LogP contribution in [-0.2, 0) is 19.9 Å². The number of aryl methyl sites for hydroxylation is 2. The van der Waals surface area contributed by atoms with E-state index in [0.717, 1.165) is 11.1 Å². The van der Waals surface area contributed by atoms with Crippen molar-refractivity contribution < 1.29 is 16.8 Å². The van der Waals surface area contributed by atoms with Crippen molar-refractivity contribution in [3.63, 3.8) is 0 Å². The summed E-state index contributed by atoms with van der Waals surface area (Å²) < 4.78 is 54.0. The highest BCUT2D eigenvalue weighted by molar-refractivity contribution is 7.94. The summed E-state index contributed by atoms with van der Waals surface area (Å²) in [6.45, 7) is 7.28. The Morgan fingerprint density at radius 3 is 1.65 bits per heavy atom. The first kappa shape index (κ1) is 20.6. The highest BCUT2D eigenvalue weighted by Gasteiger charge is 2.35. The quantitative estimate of drug-likeness (QED) is 0.779. The third-order valence-electron chi connectivity index (χ3n) is 4.45. The molecule has 0 bridgehead atoms. The molecule has 0 fully saturated rings. The van der Waals surface area contributed by atoms with Crippen molar-refractivity contribution in [1.82, 2.24) is 4.72 Å². The number of benzene rings is 2. The fourth-order valence-corrected chi connectivity index (χ4v) is 6.18. The lowest BCUT2D eigenvalue weighted by Crippen LogP contribution is -2.44. The van der Waals surface area contributed by atoms with Gasteiger partial charge < -0.3 is 0 Å². The van der Waals surface area contributed by atoms with E-state index < -0.39 is 25.2 Å². The van der Waals surface area contributed by atoms with E-state index >= 15 is 0 Å². The second-order valence-corrected chi connectivity index (χ2v) is 10.4. The van der Waals surface area contributed by atoms with Crippen LogP contribution in [0, 0.1) is 19.8 Å². The molecule has 142 valence electrons. The Morgan fingerprint density at radius 2 is 1.23 bits per heavy atom. The lowest BCUT2D eigenvalue weighted by Gasteiger charge is -2.24. The van der Waals surface area contributed by atoms with Crippen molar-refractivity contribution in [2.24, 2.45) is 5.92 Å². The van der Waals surface area contributed by atoms with Crippen molar-refractivity contribution >= 4 is 19.9 Å². The maximum absolute atomic E-state index is 13.1. The van der Waals surface area contributed by atoms with Crippen LogP contribution in [0.4, 0.5) is 0 Å². The van der Waals surface area contributed by atoms with E-state index in [1.807, 2.05) is 20.8 Å². The van der Waals surface area contributed by atoms with E-state index in [1.54, 1.807) is 31.2 Å². The molecule has 0 aliphatic carbocycles. The van der Waals surface area contributed by atoms with Crippen molar-refractivity contribution in [2.75, 3.05) is 0 Å². The highest BCUT2D eigenvalue weighted by Crippen LogP contribution is 2.24. The molecule has 0 saturated heterocycles. The number of sulfone groups is 1. The molecule has 5 nitrogen and oxygen atoms in total. The minimum Gasteiger partial charge on any atom is -0.222 e. The third kappa shape index (κ3) is 4.52. The lowest BCUT2D eigenvalue weighted by molar-refractivity contribution is 0.469. The average molecular weight is 396 g/mol. The van der Waals surface area contributed by atoms with Crippen LogP contribution in [0.1, 0.15) is 31.4 Å². The van der Waals surface area contributed by atoms with Gasteiger partial charge in [0, 0.05) is 0 Å². The Balaban J connectivity index is 2.44. The van der Waals surface area contributed by atoms with E-state index in [0.29, 0.717) is 6.42 Å². The van der Waals surface area contributed by atoms with Crippen LogP contribution in [0.5, 0.6) is 0 Å². The van der Waals surface area contributed by atoms with Crippen molar-refractivity contribution in [2.45, 2.75) is 49.3 Å². The molecule has 0 amide bonds. The van der Waals surface area contributed by atoms with Crippen molar-refractivity contribution in [3.8, 4) is 0 Å². The molecule has 7 heteroatoms. The Bertz CT molecular complexity index is 948. The lowest BCUT2D eigenvalue weighted by atomic mass is 10.1. The summed E-state index contributed by atoms with van der Waals surface area (Å²) in [5.74, 6) is -0.387. The molecule has 1 N–H and O–H groups in total. The molecule has 0 aliphatic heterocycles. The molecular formula is C19H25NO4S2. The number of nitrogens with one attached hydrogen (secondary N) is 1. The van der Waals surface area contributed by atoms with E-state index in [1.165, 1.54) is 24.3 Å². The van der Waals surface area contributed by atoms with Crippen LogP contribution >= 0.6 is 0 Å². The SMILES string of the molecule is CCC(C)C(NS(=O)(=O)c1ccc(C)cc1)S(=O)(=O)c1ccc(C)cc1. The summed E-state index contributed by atoms with van der Waals surface area (Å²) in [5, 5.41) is -1.23. The zero-order chi connectivity index (χ0) is 19.5. The molecule has 2 atom stereocenters. The number of hydrogen-bond acceptors (Lipinski definition) is 4. The molecule has 2 aromatic rings. The zero-order valence-corrected chi connectivity index (χ0v) is 17.1. The Labute approximate surface area is 156 Å². The topological polar surface area (TPSA) is 80.3 Å². The van der Waals surface area contributed by atoms with Crippen molar-refractivity contribution in [3.05, 3.63) is 59.7 Å². The maximum atomic E-state index is 13.1. The summed E-state index contributed by atoms with van der Waals surface area (Å²) in [6, 6.07) is 12.8. The molecule has 0 radical (unpaired) electrons. The van der Waals surface area contributed by atoms with Crippen LogP contribution in [0.25, 0.3) is 0 Å². The van der Waals surface area contributed by atoms with Gasteiger partial charge in [-0.1, -0.05) is 55.7 Å². The predicted molar refractivity (Wildman–Crippen MR) is 103 cm³/mol. The van der Waals surface area contributed by atoms with Gasteiger partial charge in [0.1, 0.15) is 5.37 Å². The van der Waals surface area contributed by atoms with Crippen LogP contribution in [-0.4, -0.2) is 22.2 Å². The van der Waals surface area contributed by atoms with Gasteiger partial charge in [-0.05, 0) is 44.0 Å². The van der Waals surface area contributed by atoms with Gasteiger partial charge in [-0.15, -0.1) is 0 Å². The monoisotopic (exact) mass is 395 g/mol. The van der Waals surface area contributed by atoms with Gasteiger partial charge in [-0.25, -0.2) is 16.8 Å². The fraction of sp³-hybridized carbons (Fsp3) is 0.368. The third-order valence-corrected chi connectivity index (χ3v) is 8.23. The summed E-state index contributed by atoms with van der Waals surface area (Å²) in [4.78, 5) is 0.163. The van der Waals surface area contributed by atoms with Gasteiger partial charge in [0.25, 0.3) is 0 Å². The van der Waals surface area contributed by atoms with E-state index in [4.69, 9.17) is 0 Å². The molecule has 0 saturated carbocycles. The molecule has 26 heavy (non-hydrogen) atoms. The first-order chi connectivity index (χ1) is 12.1. The second kappa shape index (κ2) is 7.90. The Hall–Kier alpha value is -1.70. The molecule has 2 aromatic carbocycles. The number of rotatable bonds is 7. The maximum Gasteiger partial charge on any atom is 0.241 e. The standard InChI is InChI=1S/C19H25NO4S2/c1-5-16(4)19(25(21,22)17-10-6-14(2)7-11-17)20-26(23,24)18-12-8-15(3)9-13-18/h6-13,16,19-20H,5H2,1-4H3. The van der Waals surface area contributed by atoms with Crippen LogP contribution in [0.3, 0.4) is 0 Å². The first-order valence-electron chi connectivity index (χ1n) is 8.47. The van der Waals surface area contributed by atoms with Gasteiger partial charge in [0.05, 0.1) is 9.79 Å². The molecule has 2 rings (SSSR count). The summed E-state index contributed by atoms with van der Waals surface area (Å²) >= 11 is 0. The minimum atomic E-state index is -3.96. The summed E-state index contributed by atoms with van der Waals surface area (Å²) in [7, 11) is -7.83. The van der Waals surface area contributed by atoms with Gasteiger partial charge in [-0.2, -0.15) is 4.72 Å². The smallest absolute Gasteiger partial charge is 0.222 e. The van der Waals surface area contributed by atoms with Crippen LogP contribution < -0.4 is 4.72 Å². The molecule has 0 heterocycles. The zero-order valence-electron chi connectivity index (χ0n) is 15.4. The summed E-state index contributed by atoms with van der Waals surface area (Å²) in [5.41, 5.74) is 1.86. The Kier molecular flexibility index (Phi) is 6.26. The van der Waals surface area contributed by atoms with Gasteiger partial charge in [0.2, 0.25) is 10.0 Å². The van der Waals surface area contributed by atoms with E-state index in [-0.39, 0.29) is 15.7 Å². The molecule has 2 unspecified atom stereocenters. The fourth-order valence-electron chi connectivity index (χ4n) is 2.51. The van der Waals surface area contributed by atoms with E-state index in [9.17, 15) is 16.8 Å². The second-order valence-electron chi connectivity index (χ2n) is 6.60. The van der Waals surface area contributed by atoms with Gasteiger partial charge in [0.15, 0.2) is 9.84 Å². The Morgan fingerprint density at radius 1 is 0.808 bits per heavy atom. The average Bonchev–Trinajstić information content (AvgIpc) is 2.59. The van der Waals surface area contributed by atoms with Crippen molar-refractivity contribution in [1.29, 1.82) is 0 Å². The predicted octanol–water partition coefficient (Wildman–Crippen LogP) is 3.43. The molecule has 0 spiro atoms. The normalized spacial score (nSPS) is 14.8. The minimum absolute atomic E-state index is 0.0514. The summed E-state index contributed by atoms with van der Waals surface area (Å²) in [6.07, 6.45) is 0.520. The highest BCUT2D eigenvalue weighted by atomic mass is 32.2. The number of sulfonamides is 1. The van der Waals surface area contributed by atoms with Gasteiger partial charge >= 0.3 is 0 Å². The first-order valence-corrected chi connectivity index (χ1v) is 11.5. The van der Waals surface area contributed by atoms with E-state index in [2.05, 4.69) is 4.72 Å².